The highest BCUT2D eigenvalue weighted by molar-refractivity contribution is 7.97. The molecule has 0 spiro atoms. The lowest BCUT2D eigenvalue weighted by molar-refractivity contribution is 0.108. The summed E-state index contributed by atoms with van der Waals surface area (Å²) in [6, 6.07) is 7.16. The highest BCUT2D eigenvalue weighted by Crippen LogP contribution is 2.18. The third-order valence-corrected chi connectivity index (χ3v) is 1.79. The van der Waals surface area contributed by atoms with Crippen molar-refractivity contribution >= 4 is 28.7 Å². The minimum Gasteiger partial charge on any atom is -0.356 e. The summed E-state index contributed by atoms with van der Waals surface area (Å²) in [4.78, 5) is 10.9. The number of aromatic nitrogens is 1. The number of hydrogen-bond donors (Lipinski definition) is 1. The third kappa shape index (κ3) is 1.00. The Labute approximate surface area is 73.8 Å². The van der Waals surface area contributed by atoms with Crippen LogP contribution in [0.2, 0.25) is 0 Å². The molecule has 0 aliphatic heterocycles. The van der Waals surface area contributed by atoms with Crippen molar-refractivity contribution in [2.45, 2.75) is 0 Å². The lowest BCUT2D eigenvalue weighted by Gasteiger charge is -1.85. The minimum absolute atomic E-state index is 0.272. The molecule has 3 nitrogen and oxygen atoms in total. The zero-order valence-electron chi connectivity index (χ0n) is 6.02. The molecule has 4 heteroatoms. The average Bonchev–Trinajstić information content (AvgIpc) is 2.47. The summed E-state index contributed by atoms with van der Waals surface area (Å²) in [6.07, 6.45) is 0. The molecular formula is C8H5NO2S. The lowest BCUT2D eigenvalue weighted by atomic mass is 10.2. The van der Waals surface area contributed by atoms with E-state index in [-0.39, 0.29) is 10.8 Å². The van der Waals surface area contributed by atoms with E-state index in [0.29, 0.717) is 11.0 Å². The molecule has 0 aliphatic carbocycles. The molecule has 1 heterocycles. The first-order chi connectivity index (χ1) is 5.79. The highest BCUT2D eigenvalue weighted by atomic mass is 32.1. The molecule has 0 saturated heterocycles. The average molecular weight is 179 g/mol. The highest BCUT2D eigenvalue weighted by Gasteiger charge is 2.11. The van der Waals surface area contributed by atoms with Crippen molar-refractivity contribution in [2.24, 2.45) is 0 Å². The van der Waals surface area contributed by atoms with E-state index in [1.807, 2.05) is 12.1 Å². The van der Waals surface area contributed by atoms with Crippen LogP contribution in [0.4, 0.5) is 0 Å². The van der Waals surface area contributed by atoms with Crippen molar-refractivity contribution in [1.82, 2.24) is 5.16 Å². The second kappa shape index (κ2) is 2.64. The van der Waals surface area contributed by atoms with E-state index >= 15 is 0 Å². The molecule has 2 rings (SSSR count). The minimum atomic E-state index is -0.375. The maximum atomic E-state index is 10.9. The van der Waals surface area contributed by atoms with Crippen molar-refractivity contribution in [3.63, 3.8) is 0 Å². The first-order valence-corrected chi connectivity index (χ1v) is 3.81. The molecule has 0 unspecified atom stereocenters. The van der Waals surface area contributed by atoms with Gasteiger partial charge >= 0.3 is 0 Å². The Morgan fingerprint density at radius 1 is 1.42 bits per heavy atom. The summed E-state index contributed by atoms with van der Waals surface area (Å²) in [5, 5.41) is 3.92. The summed E-state index contributed by atoms with van der Waals surface area (Å²) < 4.78 is 4.89. The number of nitrogens with zero attached hydrogens (tertiary/aromatic N) is 1. The Balaban J connectivity index is 2.79. The van der Waals surface area contributed by atoms with Gasteiger partial charge in [-0.05, 0) is 12.1 Å². The number of benzene rings is 1. The predicted molar refractivity (Wildman–Crippen MR) is 47.3 cm³/mol. The first kappa shape index (κ1) is 7.36. The van der Waals surface area contributed by atoms with E-state index < -0.39 is 0 Å². The molecule has 0 radical (unpaired) electrons. The molecule has 0 fully saturated rings. The molecule has 0 amide bonds. The van der Waals surface area contributed by atoms with Gasteiger partial charge in [-0.1, -0.05) is 29.9 Å². The number of fused-ring (bicyclic) bond motifs is 1. The molecule has 0 bridgehead atoms. The molecule has 1 aromatic carbocycles. The smallest absolute Gasteiger partial charge is 0.238 e. The maximum absolute atomic E-state index is 10.9. The second-order valence-corrected chi connectivity index (χ2v) is 2.74. The van der Waals surface area contributed by atoms with E-state index in [1.54, 1.807) is 12.1 Å². The van der Waals surface area contributed by atoms with Gasteiger partial charge in [-0.3, -0.25) is 4.79 Å². The number of thiol groups is 1. The molecule has 2 aromatic rings. The molecule has 0 saturated carbocycles. The van der Waals surface area contributed by atoms with Crippen molar-refractivity contribution in [2.75, 3.05) is 0 Å². The first-order valence-electron chi connectivity index (χ1n) is 3.37. The number of carbonyl (C=O) groups excluding carboxylic acids is 1. The molecule has 1 aromatic heterocycles. The number of hydrogen-bond acceptors (Lipinski definition) is 3. The van der Waals surface area contributed by atoms with Crippen LogP contribution < -0.4 is 0 Å². The maximum Gasteiger partial charge on any atom is 0.238 e. The third-order valence-electron chi connectivity index (χ3n) is 1.58. The van der Waals surface area contributed by atoms with Crippen molar-refractivity contribution in [1.29, 1.82) is 0 Å². The summed E-state index contributed by atoms with van der Waals surface area (Å²) in [5.41, 5.74) is 0.879. The van der Waals surface area contributed by atoms with E-state index in [9.17, 15) is 4.79 Å². The van der Waals surface area contributed by atoms with Gasteiger partial charge < -0.3 is 4.52 Å². The SMILES string of the molecule is O=C(S)c1noc2ccccc12. The largest absolute Gasteiger partial charge is 0.356 e. The summed E-state index contributed by atoms with van der Waals surface area (Å²) in [5.74, 6) is 0. The lowest BCUT2D eigenvalue weighted by Crippen LogP contribution is -1.87. The van der Waals surface area contributed by atoms with E-state index in [4.69, 9.17) is 4.52 Å². The monoisotopic (exact) mass is 179 g/mol. The fourth-order valence-corrected chi connectivity index (χ4v) is 1.20. The second-order valence-electron chi connectivity index (χ2n) is 2.33. The van der Waals surface area contributed by atoms with Gasteiger partial charge in [0.05, 0.1) is 5.39 Å². The number of rotatable bonds is 1. The van der Waals surface area contributed by atoms with Crippen LogP contribution >= 0.6 is 12.6 Å². The molecule has 12 heavy (non-hydrogen) atoms. The molecular weight excluding hydrogens is 174 g/mol. The van der Waals surface area contributed by atoms with Crippen LogP contribution in [0.25, 0.3) is 11.0 Å². The Bertz CT molecular complexity index is 435. The van der Waals surface area contributed by atoms with Gasteiger partial charge in [0.25, 0.3) is 0 Å². The predicted octanol–water partition coefficient (Wildman–Crippen LogP) is 1.90. The van der Waals surface area contributed by atoms with Crippen molar-refractivity contribution in [3.8, 4) is 0 Å². The van der Waals surface area contributed by atoms with Crippen LogP contribution in [0.1, 0.15) is 10.5 Å². The number of para-hydroxylation sites is 1. The van der Waals surface area contributed by atoms with Crippen LogP contribution in [0.3, 0.4) is 0 Å². The van der Waals surface area contributed by atoms with Crippen molar-refractivity contribution in [3.05, 3.63) is 30.0 Å². The summed E-state index contributed by atoms with van der Waals surface area (Å²) in [6.45, 7) is 0. The zero-order valence-corrected chi connectivity index (χ0v) is 6.91. The van der Waals surface area contributed by atoms with Crippen LogP contribution in [0, 0.1) is 0 Å². The fourth-order valence-electron chi connectivity index (χ4n) is 1.04. The molecule has 60 valence electrons. The normalized spacial score (nSPS) is 10.4. The van der Waals surface area contributed by atoms with Crippen LogP contribution in [0.15, 0.2) is 28.8 Å². The summed E-state index contributed by atoms with van der Waals surface area (Å²) in [7, 11) is 0. The van der Waals surface area contributed by atoms with Gasteiger partial charge in [0.15, 0.2) is 11.3 Å². The fraction of sp³-hybridized carbons (Fsp3) is 0. The van der Waals surface area contributed by atoms with E-state index in [2.05, 4.69) is 17.8 Å². The van der Waals surface area contributed by atoms with Crippen LogP contribution in [-0.4, -0.2) is 10.3 Å². The quantitative estimate of drug-likeness (QED) is 0.680. The Morgan fingerprint density at radius 2 is 2.17 bits per heavy atom. The molecule has 0 aliphatic rings. The topological polar surface area (TPSA) is 43.1 Å². The Kier molecular flexibility index (Phi) is 1.62. The van der Waals surface area contributed by atoms with Crippen molar-refractivity contribution < 1.29 is 9.32 Å². The van der Waals surface area contributed by atoms with Crippen LogP contribution in [-0.2, 0) is 0 Å². The van der Waals surface area contributed by atoms with Gasteiger partial charge in [-0.15, -0.1) is 0 Å². The standard InChI is InChI=1S/C8H5NO2S/c10-8(12)7-5-3-1-2-4-6(5)11-9-7/h1-4H,(H,10,12). The summed E-state index contributed by atoms with van der Waals surface area (Å²) >= 11 is 3.67. The Morgan fingerprint density at radius 3 is 2.92 bits per heavy atom. The van der Waals surface area contributed by atoms with Gasteiger partial charge in [0, 0.05) is 0 Å². The van der Waals surface area contributed by atoms with Gasteiger partial charge in [0.2, 0.25) is 5.12 Å². The Hall–Kier alpha value is -1.29. The van der Waals surface area contributed by atoms with Gasteiger partial charge in [-0.25, -0.2) is 0 Å². The zero-order chi connectivity index (χ0) is 8.55. The van der Waals surface area contributed by atoms with Gasteiger partial charge in [-0.2, -0.15) is 0 Å². The van der Waals surface area contributed by atoms with E-state index in [0.717, 1.165) is 0 Å². The number of carbonyl (C=O) groups is 1. The van der Waals surface area contributed by atoms with E-state index in [1.165, 1.54) is 0 Å². The molecule has 0 atom stereocenters. The van der Waals surface area contributed by atoms with Gasteiger partial charge in [0.1, 0.15) is 0 Å². The molecule has 0 N–H and O–H groups in total. The van der Waals surface area contributed by atoms with Crippen LogP contribution in [0.5, 0.6) is 0 Å².